The molecular formula is C22H17ClN6O. The van der Waals surface area contributed by atoms with Gasteiger partial charge < -0.3 is 11.1 Å². The molecular weight excluding hydrogens is 400 g/mol. The van der Waals surface area contributed by atoms with Crippen LogP contribution < -0.4 is 16.6 Å². The van der Waals surface area contributed by atoms with Crippen molar-refractivity contribution in [2.45, 2.75) is 13.0 Å². The molecule has 0 unspecified atom stereocenters. The van der Waals surface area contributed by atoms with Crippen LogP contribution in [0.1, 0.15) is 24.4 Å². The quantitative estimate of drug-likeness (QED) is 0.519. The van der Waals surface area contributed by atoms with E-state index in [4.69, 9.17) is 22.3 Å². The number of rotatable bonds is 4. The molecule has 0 aliphatic rings. The highest BCUT2D eigenvalue weighted by molar-refractivity contribution is 6.35. The molecule has 0 saturated heterocycles. The summed E-state index contributed by atoms with van der Waals surface area (Å²) in [4.78, 5) is 22.1. The number of benzene rings is 2. The molecule has 2 heterocycles. The molecule has 148 valence electrons. The van der Waals surface area contributed by atoms with Crippen LogP contribution in [-0.2, 0) is 0 Å². The lowest BCUT2D eigenvalue weighted by Gasteiger charge is -2.21. The molecule has 8 heteroatoms. The topological polar surface area (TPSA) is 110 Å². The van der Waals surface area contributed by atoms with E-state index in [0.717, 1.165) is 0 Å². The van der Waals surface area contributed by atoms with Crippen LogP contribution in [0.3, 0.4) is 0 Å². The Bertz CT molecular complexity index is 1340. The number of pyridine rings is 1. The first-order valence-electron chi connectivity index (χ1n) is 9.19. The highest BCUT2D eigenvalue weighted by Gasteiger charge is 2.20. The summed E-state index contributed by atoms with van der Waals surface area (Å²) in [7, 11) is 0. The number of hydrogen-bond donors (Lipinski definition) is 2. The minimum absolute atomic E-state index is 0.133. The van der Waals surface area contributed by atoms with Crippen molar-refractivity contribution in [3.05, 3.63) is 87.6 Å². The summed E-state index contributed by atoms with van der Waals surface area (Å²) in [6, 6.07) is 17.7. The number of nitrogens with two attached hydrogens (primary N) is 1. The van der Waals surface area contributed by atoms with Crippen molar-refractivity contribution in [3.63, 3.8) is 0 Å². The predicted molar refractivity (Wildman–Crippen MR) is 118 cm³/mol. The van der Waals surface area contributed by atoms with Gasteiger partial charge in [0.1, 0.15) is 23.3 Å². The maximum absolute atomic E-state index is 13.4. The first kappa shape index (κ1) is 19.4. The largest absolute Gasteiger partial charge is 0.383 e. The van der Waals surface area contributed by atoms with Crippen LogP contribution >= 0.6 is 11.6 Å². The van der Waals surface area contributed by atoms with Gasteiger partial charge in [0.25, 0.3) is 5.56 Å². The average Bonchev–Trinajstić information content (AvgIpc) is 2.74. The third kappa shape index (κ3) is 3.34. The number of nitriles is 1. The highest BCUT2D eigenvalue weighted by Crippen LogP contribution is 2.26. The Morgan fingerprint density at radius 1 is 1.17 bits per heavy atom. The molecule has 7 nitrogen and oxygen atoms in total. The van der Waals surface area contributed by atoms with Crippen LogP contribution in [0, 0.1) is 11.3 Å². The molecule has 30 heavy (non-hydrogen) atoms. The molecule has 0 radical (unpaired) electrons. The maximum Gasteiger partial charge on any atom is 0.267 e. The monoisotopic (exact) mass is 416 g/mol. The van der Waals surface area contributed by atoms with E-state index in [-0.39, 0.29) is 16.9 Å². The van der Waals surface area contributed by atoms with Gasteiger partial charge in [-0.2, -0.15) is 5.26 Å². The number of para-hydroxylation sites is 1. The molecule has 2 aromatic carbocycles. The molecule has 0 saturated carbocycles. The summed E-state index contributed by atoms with van der Waals surface area (Å²) in [5.41, 5.74) is 7.46. The van der Waals surface area contributed by atoms with E-state index in [1.54, 1.807) is 24.3 Å². The molecule has 0 amide bonds. The number of nitrogen functional groups attached to an aromatic ring is 1. The van der Waals surface area contributed by atoms with E-state index in [2.05, 4.69) is 16.4 Å². The Hall–Kier alpha value is -3.89. The lowest BCUT2D eigenvalue weighted by Crippen LogP contribution is -2.27. The van der Waals surface area contributed by atoms with Gasteiger partial charge in [0.05, 0.1) is 33.3 Å². The zero-order chi connectivity index (χ0) is 21.3. The zero-order valence-electron chi connectivity index (χ0n) is 16.0. The summed E-state index contributed by atoms with van der Waals surface area (Å²) in [6.45, 7) is 1.86. The highest BCUT2D eigenvalue weighted by atomic mass is 35.5. The van der Waals surface area contributed by atoms with Crippen LogP contribution in [0.2, 0.25) is 5.02 Å². The van der Waals surface area contributed by atoms with E-state index < -0.39 is 6.04 Å². The van der Waals surface area contributed by atoms with Gasteiger partial charge in [-0.3, -0.25) is 9.36 Å². The summed E-state index contributed by atoms with van der Waals surface area (Å²) < 4.78 is 1.53. The molecule has 4 aromatic rings. The van der Waals surface area contributed by atoms with Gasteiger partial charge in [-0.25, -0.2) is 9.97 Å². The lowest BCUT2D eigenvalue weighted by atomic mass is 10.1. The number of hydrogen-bond acceptors (Lipinski definition) is 6. The number of fused-ring (bicyclic) bond motifs is 1. The van der Waals surface area contributed by atoms with Gasteiger partial charge in [-0.15, -0.1) is 0 Å². The van der Waals surface area contributed by atoms with Gasteiger partial charge >= 0.3 is 0 Å². The Morgan fingerprint density at radius 3 is 2.67 bits per heavy atom. The summed E-state index contributed by atoms with van der Waals surface area (Å²) in [5, 5.41) is 13.4. The number of nitrogens with one attached hydrogen (secondary N) is 1. The second kappa shape index (κ2) is 7.85. The van der Waals surface area contributed by atoms with E-state index in [9.17, 15) is 10.1 Å². The van der Waals surface area contributed by atoms with Gasteiger partial charge in [0.15, 0.2) is 0 Å². The maximum atomic E-state index is 13.4. The van der Waals surface area contributed by atoms with Gasteiger partial charge in [-0.05, 0) is 37.3 Å². The molecule has 0 bridgehead atoms. The van der Waals surface area contributed by atoms with Crippen molar-refractivity contribution >= 4 is 34.0 Å². The van der Waals surface area contributed by atoms with Crippen molar-refractivity contribution in [2.75, 3.05) is 11.1 Å². The number of halogens is 1. The first-order valence-corrected chi connectivity index (χ1v) is 9.56. The van der Waals surface area contributed by atoms with E-state index in [1.165, 1.54) is 10.8 Å². The molecule has 0 aliphatic carbocycles. The predicted octanol–water partition coefficient (Wildman–Crippen LogP) is 4.06. The number of aromatic nitrogens is 3. The van der Waals surface area contributed by atoms with Crippen molar-refractivity contribution < 1.29 is 0 Å². The average molecular weight is 417 g/mol. The number of nitrogens with zero attached hydrogens (tertiary/aromatic N) is 4. The smallest absolute Gasteiger partial charge is 0.267 e. The Balaban J connectivity index is 1.93. The van der Waals surface area contributed by atoms with Gasteiger partial charge in [0.2, 0.25) is 0 Å². The Labute approximate surface area is 177 Å². The SMILES string of the molecule is C[C@H](Nc1ccnc(N)c1C#N)c1nc2cccc(Cl)c2c(=O)n1-c1ccccc1. The summed E-state index contributed by atoms with van der Waals surface area (Å²) >= 11 is 6.31. The minimum Gasteiger partial charge on any atom is -0.383 e. The lowest BCUT2D eigenvalue weighted by molar-refractivity contribution is 0.734. The fraction of sp³-hybridized carbons (Fsp3) is 0.0909. The molecule has 1 atom stereocenters. The van der Waals surface area contributed by atoms with E-state index in [1.807, 2.05) is 37.3 Å². The molecule has 3 N–H and O–H groups in total. The zero-order valence-corrected chi connectivity index (χ0v) is 16.8. The number of anilines is 2. The molecule has 0 spiro atoms. The van der Waals surface area contributed by atoms with Crippen LogP contribution in [-0.4, -0.2) is 14.5 Å². The van der Waals surface area contributed by atoms with Crippen molar-refractivity contribution in [2.24, 2.45) is 0 Å². The third-order valence-corrected chi connectivity index (χ3v) is 5.05. The van der Waals surface area contributed by atoms with Crippen molar-refractivity contribution in [1.82, 2.24) is 14.5 Å². The fourth-order valence-corrected chi connectivity index (χ4v) is 3.59. The molecule has 4 rings (SSSR count). The summed E-state index contributed by atoms with van der Waals surface area (Å²) in [5.74, 6) is 0.605. The van der Waals surface area contributed by atoms with E-state index >= 15 is 0 Å². The first-order chi connectivity index (χ1) is 14.5. The molecule has 2 aromatic heterocycles. The molecule has 0 fully saturated rings. The van der Waals surface area contributed by atoms with Crippen molar-refractivity contribution in [1.29, 1.82) is 5.26 Å². The Kier molecular flexibility index (Phi) is 5.09. The van der Waals surface area contributed by atoms with Crippen LogP contribution in [0.5, 0.6) is 0 Å². The summed E-state index contributed by atoms with van der Waals surface area (Å²) in [6.07, 6.45) is 1.52. The minimum atomic E-state index is -0.435. The second-order valence-corrected chi connectivity index (χ2v) is 7.08. The van der Waals surface area contributed by atoms with Crippen molar-refractivity contribution in [3.8, 4) is 11.8 Å². The standard InChI is InChI=1S/C22H17ClN6O/c1-13(27-17-10-11-26-20(25)15(17)12-24)21-28-18-9-5-8-16(23)19(18)22(30)29(21)14-6-3-2-4-7-14/h2-11,13H,1H3,(H3,25,26,27)/t13-/m0/s1. The van der Waals surface area contributed by atoms with Gasteiger partial charge in [0, 0.05) is 6.20 Å². The molecule has 0 aliphatic heterocycles. The van der Waals surface area contributed by atoms with E-state index in [0.29, 0.717) is 33.1 Å². The fourth-order valence-electron chi connectivity index (χ4n) is 3.34. The van der Waals surface area contributed by atoms with Crippen LogP contribution in [0.25, 0.3) is 16.6 Å². The third-order valence-electron chi connectivity index (χ3n) is 4.74. The van der Waals surface area contributed by atoms with Gasteiger partial charge in [-0.1, -0.05) is 35.9 Å². The van der Waals surface area contributed by atoms with Crippen LogP contribution in [0.4, 0.5) is 11.5 Å². The second-order valence-electron chi connectivity index (χ2n) is 6.68. The normalized spacial score (nSPS) is 11.8. The Morgan fingerprint density at radius 2 is 1.93 bits per heavy atom. The van der Waals surface area contributed by atoms with Crippen LogP contribution in [0.15, 0.2) is 65.6 Å².